The van der Waals surface area contributed by atoms with Gasteiger partial charge in [0.25, 0.3) is 0 Å². The lowest BCUT2D eigenvalue weighted by atomic mass is 10.1. The van der Waals surface area contributed by atoms with Crippen LogP contribution in [-0.4, -0.2) is 36.1 Å². The summed E-state index contributed by atoms with van der Waals surface area (Å²) in [7, 11) is 2.16. The van der Waals surface area contributed by atoms with Gasteiger partial charge in [-0.15, -0.1) is 0 Å². The van der Waals surface area contributed by atoms with Gasteiger partial charge in [0, 0.05) is 31.0 Å². The Morgan fingerprint density at radius 1 is 1.40 bits per heavy atom. The van der Waals surface area contributed by atoms with Gasteiger partial charge < -0.3 is 9.64 Å². The van der Waals surface area contributed by atoms with Gasteiger partial charge >= 0.3 is 0 Å². The number of aryl methyl sites for hydroxylation is 1. The lowest BCUT2D eigenvalue weighted by molar-refractivity contribution is 0.114. The third-order valence-corrected chi connectivity index (χ3v) is 2.84. The molecule has 0 atom stereocenters. The zero-order chi connectivity index (χ0) is 10.7. The van der Waals surface area contributed by atoms with E-state index in [9.17, 15) is 0 Å². The summed E-state index contributed by atoms with van der Waals surface area (Å²) in [5.41, 5.74) is 1.01. The molecule has 0 aliphatic carbocycles. The summed E-state index contributed by atoms with van der Waals surface area (Å²) in [6.07, 6.45) is 4.43. The first-order valence-corrected chi connectivity index (χ1v) is 5.52. The van der Waals surface area contributed by atoms with Crippen molar-refractivity contribution in [2.75, 3.05) is 20.1 Å². The van der Waals surface area contributed by atoms with Crippen LogP contribution in [-0.2, 0) is 0 Å². The standard InChI is InChI=1S/C12H18N2O/c1-10-9-12(3-6-13-10)15-11-4-7-14(2)8-5-11/h3,6,9,11H,4-5,7-8H2,1-2H3. The lowest BCUT2D eigenvalue weighted by Gasteiger charge is -2.29. The van der Waals surface area contributed by atoms with Crippen LogP contribution in [0.25, 0.3) is 0 Å². The summed E-state index contributed by atoms with van der Waals surface area (Å²) in [4.78, 5) is 6.50. The number of aromatic nitrogens is 1. The van der Waals surface area contributed by atoms with Crippen molar-refractivity contribution < 1.29 is 4.74 Å². The molecule has 0 bridgehead atoms. The van der Waals surface area contributed by atoms with Crippen molar-refractivity contribution in [2.45, 2.75) is 25.9 Å². The van der Waals surface area contributed by atoms with Crippen molar-refractivity contribution in [2.24, 2.45) is 0 Å². The Kier molecular flexibility index (Phi) is 3.21. The molecule has 0 radical (unpaired) electrons. The van der Waals surface area contributed by atoms with Crippen LogP contribution < -0.4 is 4.74 Å². The van der Waals surface area contributed by atoms with Crippen LogP contribution >= 0.6 is 0 Å². The van der Waals surface area contributed by atoms with Crippen molar-refractivity contribution in [3.05, 3.63) is 24.0 Å². The van der Waals surface area contributed by atoms with Gasteiger partial charge in [0.1, 0.15) is 11.9 Å². The minimum atomic E-state index is 0.378. The maximum absolute atomic E-state index is 5.92. The predicted molar refractivity (Wildman–Crippen MR) is 60.1 cm³/mol. The van der Waals surface area contributed by atoms with E-state index in [1.54, 1.807) is 6.20 Å². The normalized spacial score (nSPS) is 19.1. The molecule has 3 heteroatoms. The molecule has 82 valence electrons. The highest BCUT2D eigenvalue weighted by Gasteiger charge is 2.17. The summed E-state index contributed by atoms with van der Waals surface area (Å²) in [5, 5.41) is 0. The van der Waals surface area contributed by atoms with Crippen molar-refractivity contribution in [1.29, 1.82) is 0 Å². The highest BCUT2D eigenvalue weighted by Crippen LogP contribution is 2.18. The molecule has 0 spiro atoms. The number of pyridine rings is 1. The van der Waals surface area contributed by atoms with Gasteiger partial charge in [-0.2, -0.15) is 0 Å². The van der Waals surface area contributed by atoms with Gasteiger partial charge in [-0.25, -0.2) is 0 Å². The Bertz CT molecular complexity index is 319. The predicted octanol–water partition coefficient (Wildman–Crippen LogP) is 1.86. The molecule has 1 aliphatic heterocycles. The first kappa shape index (κ1) is 10.4. The molecule has 1 aromatic heterocycles. The third kappa shape index (κ3) is 2.93. The Labute approximate surface area is 91.1 Å². The first-order valence-electron chi connectivity index (χ1n) is 5.52. The average Bonchev–Trinajstić information content (AvgIpc) is 2.22. The summed E-state index contributed by atoms with van der Waals surface area (Å²) in [5.74, 6) is 0.956. The average molecular weight is 206 g/mol. The number of hydrogen-bond acceptors (Lipinski definition) is 3. The first-order chi connectivity index (χ1) is 7.24. The summed E-state index contributed by atoms with van der Waals surface area (Å²) < 4.78 is 5.92. The second kappa shape index (κ2) is 4.62. The van der Waals surface area contributed by atoms with Gasteiger partial charge in [0.15, 0.2) is 0 Å². The second-order valence-corrected chi connectivity index (χ2v) is 4.25. The van der Waals surface area contributed by atoms with E-state index in [0.29, 0.717) is 6.10 Å². The van der Waals surface area contributed by atoms with E-state index < -0.39 is 0 Å². The minimum Gasteiger partial charge on any atom is -0.490 e. The van der Waals surface area contributed by atoms with E-state index in [0.717, 1.165) is 37.4 Å². The zero-order valence-electron chi connectivity index (χ0n) is 9.44. The fraction of sp³-hybridized carbons (Fsp3) is 0.583. The van der Waals surface area contributed by atoms with Gasteiger partial charge in [-0.05, 0) is 32.9 Å². The molecule has 2 rings (SSSR count). The van der Waals surface area contributed by atoms with Crippen molar-refractivity contribution >= 4 is 0 Å². The largest absolute Gasteiger partial charge is 0.490 e. The number of hydrogen-bond donors (Lipinski definition) is 0. The summed E-state index contributed by atoms with van der Waals surface area (Å²) >= 11 is 0. The van der Waals surface area contributed by atoms with Crippen molar-refractivity contribution in [3.8, 4) is 5.75 Å². The van der Waals surface area contributed by atoms with E-state index in [4.69, 9.17) is 4.74 Å². The molecular formula is C12H18N2O. The summed E-state index contributed by atoms with van der Waals surface area (Å²) in [6.45, 7) is 4.25. The number of nitrogens with zero attached hydrogens (tertiary/aromatic N) is 2. The van der Waals surface area contributed by atoms with E-state index in [-0.39, 0.29) is 0 Å². The maximum atomic E-state index is 5.92. The molecule has 2 heterocycles. The number of piperidine rings is 1. The van der Waals surface area contributed by atoms with Crippen LogP contribution in [0.2, 0.25) is 0 Å². The molecule has 1 aliphatic rings. The molecule has 0 N–H and O–H groups in total. The molecule has 0 aromatic carbocycles. The summed E-state index contributed by atoms with van der Waals surface area (Å²) in [6, 6.07) is 3.93. The zero-order valence-corrected chi connectivity index (χ0v) is 9.44. The van der Waals surface area contributed by atoms with Crippen LogP contribution in [0.5, 0.6) is 5.75 Å². The van der Waals surface area contributed by atoms with E-state index in [1.165, 1.54) is 0 Å². The van der Waals surface area contributed by atoms with Crippen molar-refractivity contribution in [3.63, 3.8) is 0 Å². The van der Waals surface area contributed by atoms with Gasteiger partial charge in [0.2, 0.25) is 0 Å². The van der Waals surface area contributed by atoms with Gasteiger partial charge in [-0.1, -0.05) is 0 Å². The third-order valence-electron chi connectivity index (χ3n) is 2.84. The number of ether oxygens (including phenoxy) is 1. The van der Waals surface area contributed by atoms with E-state index in [2.05, 4.69) is 16.9 Å². The van der Waals surface area contributed by atoms with Crippen LogP contribution in [0.15, 0.2) is 18.3 Å². The van der Waals surface area contributed by atoms with Crippen LogP contribution in [0.3, 0.4) is 0 Å². The molecule has 1 fully saturated rings. The Morgan fingerprint density at radius 3 is 2.80 bits per heavy atom. The fourth-order valence-electron chi connectivity index (χ4n) is 1.89. The highest BCUT2D eigenvalue weighted by atomic mass is 16.5. The smallest absolute Gasteiger partial charge is 0.123 e. The second-order valence-electron chi connectivity index (χ2n) is 4.25. The molecule has 0 unspecified atom stereocenters. The van der Waals surface area contributed by atoms with E-state index in [1.807, 2.05) is 19.1 Å². The van der Waals surface area contributed by atoms with Crippen LogP contribution in [0.4, 0.5) is 0 Å². The Balaban J connectivity index is 1.92. The van der Waals surface area contributed by atoms with Crippen LogP contribution in [0.1, 0.15) is 18.5 Å². The van der Waals surface area contributed by atoms with Crippen molar-refractivity contribution in [1.82, 2.24) is 9.88 Å². The number of rotatable bonds is 2. The molecule has 0 amide bonds. The molecule has 3 nitrogen and oxygen atoms in total. The molecule has 0 saturated carbocycles. The SMILES string of the molecule is Cc1cc(OC2CCN(C)CC2)ccn1. The Hall–Kier alpha value is -1.09. The topological polar surface area (TPSA) is 25.4 Å². The lowest BCUT2D eigenvalue weighted by Crippen LogP contribution is -2.35. The molecule has 15 heavy (non-hydrogen) atoms. The molecule has 1 saturated heterocycles. The maximum Gasteiger partial charge on any atom is 0.123 e. The highest BCUT2D eigenvalue weighted by molar-refractivity contribution is 5.22. The number of likely N-dealkylation sites (tertiary alicyclic amines) is 1. The van der Waals surface area contributed by atoms with E-state index >= 15 is 0 Å². The molecular weight excluding hydrogens is 188 g/mol. The Morgan fingerprint density at radius 2 is 2.13 bits per heavy atom. The quantitative estimate of drug-likeness (QED) is 0.738. The monoisotopic (exact) mass is 206 g/mol. The molecule has 1 aromatic rings. The fourth-order valence-corrected chi connectivity index (χ4v) is 1.89. The van der Waals surface area contributed by atoms with Crippen LogP contribution in [0, 0.1) is 6.92 Å². The van der Waals surface area contributed by atoms with Gasteiger partial charge in [0.05, 0.1) is 0 Å². The minimum absolute atomic E-state index is 0.378. The van der Waals surface area contributed by atoms with Gasteiger partial charge in [-0.3, -0.25) is 4.98 Å².